The molecule has 11 heavy (non-hydrogen) atoms. The average Bonchev–Trinajstić information content (AvgIpc) is 2.08. The van der Waals surface area contributed by atoms with Crippen molar-refractivity contribution in [1.29, 1.82) is 0 Å². The molecule has 0 atom stereocenters. The van der Waals surface area contributed by atoms with E-state index in [-0.39, 0.29) is 0 Å². The van der Waals surface area contributed by atoms with Crippen molar-refractivity contribution in [2.45, 2.75) is 20.8 Å². The highest BCUT2D eigenvalue weighted by molar-refractivity contribution is 5.58. The van der Waals surface area contributed by atoms with Crippen LogP contribution in [0.2, 0.25) is 0 Å². The highest BCUT2D eigenvalue weighted by Gasteiger charge is 1.70. The van der Waals surface area contributed by atoms with Gasteiger partial charge in [0.1, 0.15) is 0 Å². The Kier molecular flexibility index (Phi) is 18.4. The zero-order valence-corrected chi connectivity index (χ0v) is 7.42. The summed E-state index contributed by atoms with van der Waals surface area (Å²) in [6.07, 6.45) is 1.48. The first-order valence-corrected chi connectivity index (χ1v) is 3.65. The molecule has 0 aliphatic carbocycles. The van der Waals surface area contributed by atoms with Gasteiger partial charge in [-0.15, -0.1) is 5.92 Å². The van der Waals surface area contributed by atoms with Crippen molar-refractivity contribution in [3.63, 3.8) is 0 Å². The first-order chi connectivity index (χ1) is 5.41. The zero-order valence-electron chi connectivity index (χ0n) is 7.42. The smallest absolute Gasteiger partial charge is 0.177 e. The van der Waals surface area contributed by atoms with E-state index in [1.807, 2.05) is 13.8 Å². The molecule has 0 aliphatic rings. The van der Waals surface area contributed by atoms with Crippen molar-refractivity contribution in [3.8, 4) is 11.8 Å². The van der Waals surface area contributed by atoms with Crippen LogP contribution in [0.3, 0.4) is 0 Å². The molecule has 3 nitrogen and oxygen atoms in total. The summed E-state index contributed by atoms with van der Waals surface area (Å²) in [6.45, 7) is 6.49. The number of rotatable bonds is 3. The van der Waals surface area contributed by atoms with Crippen LogP contribution in [-0.4, -0.2) is 19.4 Å². The van der Waals surface area contributed by atoms with Gasteiger partial charge in [0, 0.05) is 6.54 Å². The van der Waals surface area contributed by atoms with Gasteiger partial charge in [-0.3, -0.25) is 0 Å². The molecule has 0 rings (SSSR count). The molecule has 0 saturated heterocycles. The minimum atomic E-state index is 0.340. The van der Waals surface area contributed by atoms with Gasteiger partial charge in [0.05, 0.1) is 6.21 Å². The lowest BCUT2D eigenvalue weighted by molar-refractivity contribution is 0.181. The fraction of sp³-hybridized carbons (Fsp3) is 0.625. The van der Waals surface area contributed by atoms with Gasteiger partial charge in [-0.05, 0) is 6.92 Å². The second-order valence-electron chi connectivity index (χ2n) is 1.22. The second-order valence-corrected chi connectivity index (χ2v) is 1.22. The summed E-state index contributed by atoms with van der Waals surface area (Å²) in [6, 6.07) is 0. The van der Waals surface area contributed by atoms with Crippen LogP contribution in [0.15, 0.2) is 5.16 Å². The van der Waals surface area contributed by atoms with Crippen molar-refractivity contribution in [1.82, 2.24) is 0 Å². The molecule has 0 fully saturated rings. The van der Waals surface area contributed by atoms with Crippen LogP contribution in [0.5, 0.6) is 0 Å². The third kappa shape index (κ3) is 17.6. The average molecular weight is 156 g/mol. The summed E-state index contributed by atoms with van der Waals surface area (Å²) in [4.78, 5) is 4.63. The van der Waals surface area contributed by atoms with E-state index < -0.39 is 0 Å². The highest BCUT2D eigenvalue weighted by atomic mass is 16.6. The van der Waals surface area contributed by atoms with Crippen LogP contribution >= 0.6 is 0 Å². The number of hydrogen-bond donors (Lipinski definition) is 1. The molecule has 3 heteroatoms. The maximum Gasteiger partial charge on any atom is 0.177 e. The number of nitrogens with zero attached hydrogens (tertiary/aromatic N) is 1. The van der Waals surface area contributed by atoms with Crippen LogP contribution in [0.25, 0.3) is 0 Å². The van der Waals surface area contributed by atoms with Gasteiger partial charge in [-0.1, -0.05) is 24.9 Å². The Morgan fingerprint density at radius 1 is 1.55 bits per heavy atom. The normalized spacial score (nSPS) is 7.64. The Hall–Kier alpha value is -1.01. The monoisotopic (exact) mass is 156 g/mol. The molecule has 64 valence electrons. The molecule has 0 aliphatic heterocycles. The lowest BCUT2D eigenvalue weighted by Crippen LogP contribution is -1.99. The SMILES string of the molecule is CC.CC#CCO/N=C/CN. The van der Waals surface area contributed by atoms with Crippen LogP contribution in [0.4, 0.5) is 0 Å². The minimum Gasteiger partial charge on any atom is -0.383 e. The standard InChI is InChI=1S/C6H10N2O.C2H6/c1-2-3-6-9-8-5-4-7;1-2/h5H,4,6-7H2,1H3;1-2H3/b8-5+;. The fourth-order valence-electron chi connectivity index (χ4n) is 0.237. The van der Waals surface area contributed by atoms with E-state index >= 15 is 0 Å². The first-order valence-electron chi connectivity index (χ1n) is 3.65. The Morgan fingerprint density at radius 3 is 2.64 bits per heavy atom. The van der Waals surface area contributed by atoms with Crippen molar-refractivity contribution in [2.75, 3.05) is 13.2 Å². The van der Waals surface area contributed by atoms with E-state index in [2.05, 4.69) is 21.8 Å². The van der Waals surface area contributed by atoms with Crippen molar-refractivity contribution >= 4 is 6.21 Å². The molecule has 0 radical (unpaired) electrons. The van der Waals surface area contributed by atoms with Gasteiger partial charge >= 0.3 is 0 Å². The predicted molar refractivity (Wildman–Crippen MR) is 48.3 cm³/mol. The van der Waals surface area contributed by atoms with Gasteiger partial charge in [0.25, 0.3) is 0 Å². The Labute approximate surface area is 68.6 Å². The quantitative estimate of drug-likeness (QED) is 0.287. The second kappa shape index (κ2) is 16.0. The van der Waals surface area contributed by atoms with E-state index in [1.165, 1.54) is 6.21 Å². The summed E-state index contributed by atoms with van der Waals surface area (Å²) < 4.78 is 0. The molecular weight excluding hydrogens is 140 g/mol. The predicted octanol–water partition coefficient (Wildman–Crippen LogP) is 0.997. The summed E-state index contributed by atoms with van der Waals surface area (Å²) in [5, 5.41) is 3.47. The fourth-order valence-corrected chi connectivity index (χ4v) is 0.237. The van der Waals surface area contributed by atoms with Gasteiger partial charge in [0.15, 0.2) is 6.61 Å². The maximum absolute atomic E-state index is 5.08. The summed E-state index contributed by atoms with van der Waals surface area (Å²) in [5.41, 5.74) is 5.08. The Balaban J connectivity index is 0. The molecule has 2 N–H and O–H groups in total. The van der Waals surface area contributed by atoms with E-state index in [0.29, 0.717) is 13.2 Å². The van der Waals surface area contributed by atoms with Gasteiger partial charge in [0.2, 0.25) is 0 Å². The third-order valence-corrected chi connectivity index (χ3v) is 0.568. The molecule has 0 heterocycles. The van der Waals surface area contributed by atoms with E-state index in [0.717, 1.165) is 0 Å². The molecular formula is C8H16N2O. The van der Waals surface area contributed by atoms with E-state index in [1.54, 1.807) is 6.92 Å². The molecule has 0 saturated carbocycles. The van der Waals surface area contributed by atoms with Gasteiger partial charge in [-0.25, -0.2) is 0 Å². The zero-order chi connectivity index (χ0) is 8.95. The molecule has 0 bridgehead atoms. The lowest BCUT2D eigenvalue weighted by atomic mass is 10.6. The maximum atomic E-state index is 5.08. The largest absolute Gasteiger partial charge is 0.383 e. The van der Waals surface area contributed by atoms with E-state index in [4.69, 9.17) is 5.73 Å². The Bertz CT molecular complexity index is 133. The Morgan fingerprint density at radius 2 is 2.18 bits per heavy atom. The van der Waals surface area contributed by atoms with Crippen LogP contribution in [0, 0.1) is 11.8 Å². The third-order valence-electron chi connectivity index (χ3n) is 0.568. The summed E-state index contributed by atoms with van der Waals surface area (Å²) in [5.74, 6) is 5.34. The van der Waals surface area contributed by atoms with Gasteiger partial charge in [-0.2, -0.15) is 0 Å². The lowest BCUT2D eigenvalue weighted by Gasteiger charge is -1.86. The number of oxime groups is 1. The molecule has 0 amide bonds. The first kappa shape index (κ1) is 12.6. The molecule has 0 spiro atoms. The topological polar surface area (TPSA) is 47.6 Å². The minimum absolute atomic E-state index is 0.340. The number of hydrogen-bond acceptors (Lipinski definition) is 3. The van der Waals surface area contributed by atoms with Crippen LogP contribution in [-0.2, 0) is 4.84 Å². The summed E-state index contributed by atoms with van der Waals surface area (Å²) in [7, 11) is 0. The highest BCUT2D eigenvalue weighted by Crippen LogP contribution is 1.69. The molecule has 0 unspecified atom stereocenters. The summed E-state index contributed by atoms with van der Waals surface area (Å²) >= 11 is 0. The molecule has 0 aromatic carbocycles. The van der Waals surface area contributed by atoms with Crippen LogP contribution < -0.4 is 5.73 Å². The molecule has 0 aromatic rings. The van der Waals surface area contributed by atoms with Gasteiger partial charge < -0.3 is 10.6 Å². The molecule has 0 aromatic heterocycles. The van der Waals surface area contributed by atoms with E-state index in [9.17, 15) is 0 Å². The van der Waals surface area contributed by atoms with Crippen LogP contribution in [0.1, 0.15) is 20.8 Å². The van der Waals surface area contributed by atoms with Crippen molar-refractivity contribution < 1.29 is 4.84 Å². The number of nitrogens with two attached hydrogens (primary N) is 1. The van der Waals surface area contributed by atoms with Crippen molar-refractivity contribution in [2.24, 2.45) is 10.9 Å². The van der Waals surface area contributed by atoms with Crippen molar-refractivity contribution in [3.05, 3.63) is 0 Å².